The number of nitrogens with one attached hydrogen (secondary N) is 1. The highest BCUT2D eigenvalue weighted by atomic mass is 35.5. The average Bonchev–Trinajstić information content (AvgIpc) is 2.86. The van der Waals surface area contributed by atoms with Crippen LogP contribution in [-0.4, -0.2) is 40.5 Å². The molecule has 2 rings (SSSR count). The third-order valence-corrected chi connectivity index (χ3v) is 4.54. The second kappa shape index (κ2) is 6.49. The average molecular weight is 311 g/mol. The lowest BCUT2D eigenvalue weighted by Gasteiger charge is -2.24. The minimum Gasteiger partial charge on any atom is -0.368 e. The van der Waals surface area contributed by atoms with Crippen LogP contribution in [0.15, 0.2) is 0 Å². The molecule has 1 saturated heterocycles. The highest BCUT2D eigenvalue weighted by Gasteiger charge is 2.24. The van der Waals surface area contributed by atoms with E-state index in [1.165, 1.54) is 19.4 Å². The van der Waals surface area contributed by atoms with E-state index >= 15 is 0 Å². The third-order valence-electron chi connectivity index (χ3n) is 4.17. The van der Waals surface area contributed by atoms with E-state index in [0.717, 1.165) is 30.3 Å². The summed E-state index contributed by atoms with van der Waals surface area (Å²) in [5.41, 5.74) is 0.835. The van der Waals surface area contributed by atoms with Crippen LogP contribution in [0.2, 0.25) is 5.15 Å². The molecule has 0 amide bonds. The number of likely N-dealkylation sites (N-methyl/N-ethyl adjacent to an activating group) is 1. The number of rotatable bonds is 4. The van der Waals surface area contributed by atoms with Crippen molar-refractivity contribution in [3.63, 3.8) is 0 Å². The fraction of sp³-hybridized carbons (Fsp3) is 0.750. The largest absolute Gasteiger partial charge is 0.368 e. The molecule has 0 aliphatic carbocycles. The molecule has 0 bridgehead atoms. The Kier molecular flexibility index (Phi) is 5.10. The van der Waals surface area contributed by atoms with Crippen molar-refractivity contribution in [3.8, 4) is 0 Å². The van der Waals surface area contributed by atoms with Crippen LogP contribution in [0.1, 0.15) is 51.9 Å². The molecule has 1 aromatic rings. The summed E-state index contributed by atoms with van der Waals surface area (Å²) in [5.74, 6) is 1.67. The summed E-state index contributed by atoms with van der Waals surface area (Å²) in [6.45, 7) is 13.8. The van der Waals surface area contributed by atoms with Gasteiger partial charge in [-0.3, -0.25) is 4.90 Å². The molecular formula is C16H27ClN4. The van der Waals surface area contributed by atoms with E-state index in [9.17, 15) is 0 Å². The van der Waals surface area contributed by atoms with Gasteiger partial charge in [0.1, 0.15) is 16.8 Å². The lowest BCUT2D eigenvalue weighted by molar-refractivity contribution is 0.277. The summed E-state index contributed by atoms with van der Waals surface area (Å²) in [4.78, 5) is 11.6. The van der Waals surface area contributed by atoms with E-state index in [4.69, 9.17) is 16.6 Å². The Balaban J connectivity index is 2.14. The van der Waals surface area contributed by atoms with Crippen molar-refractivity contribution in [2.75, 3.05) is 25.0 Å². The lowest BCUT2D eigenvalue weighted by Crippen LogP contribution is -2.35. The van der Waals surface area contributed by atoms with Crippen LogP contribution in [0, 0.1) is 6.92 Å². The molecule has 4 nitrogen and oxygen atoms in total. The van der Waals surface area contributed by atoms with Gasteiger partial charge in [-0.05, 0) is 32.9 Å². The van der Waals surface area contributed by atoms with Crippen molar-refractivity contribution in [2.45, 2.75) is 58.9 Å². The van der Waals surface area contributed by atoms with E-state index in [0.29, 0.717) is 11.2 Å². The number of hydrogen-bond acceptors (Lipinski definition) is 4. The molecule has 0 aromatic carbocycles. The van der Waals surface area contributed by atoms with Crippen molar-refractivity contribution in [3.05, 3.63) is 16.5 Å². The summed E-state index contributed by atoms with van der Waals surface area (Å²) >= 11 is 6.27. The number of nitrogens with zero attached hydrogens (tertiary/aromatic N) is 3. The van der Waals surface area contributed by atoms with E-state index in [-0.39, 0.29) is 5.41 Å². The number of likely N-dealkylation sites (tertiary alicyclic amines) is 1. The van der Waals surface area contributed by atoms with Crippen LogP contribution < -0.4 is 5.32 Å². The van der Waals surface area contributed by atoms with Gasteiger partial charge in [0.05, 0.1) is 0 Å². The molecule has 1 aromatic heterocycles. The van der Waals surface area contributed by atoms with Gasteiger partial charge in [0.15, 0.2) is 0 Å². The highest BCUT2D eigenvalue weighted by Crippen LogP contribution is 2.26. The lowest BCUT2D eigenvalue weighted by atomic mass is 9.95. The first-order valence-electron chi connectivity index (χ1n) is 7.85. The van der Waals surface area contributed by atoms with Gasteiger partial charge in [-0.25, -0.2) is 9.97 Å². The molecule has 118 valence electrons. The van der Waals surface area contributed by atoms with E-state index in [1.807, 2.05) is 6.92 Å². The first-order valence-corrected chi connectivity index (χ1v) is 8.23. The number of aromatic nitrogens is 2. The van der Waals surface area contributed by atoms with Crippen LogP contribution in [-0.2, 0) is 5.41 Å². The first-order chi connectivity index (χ1) is 9.82. The SMILES string of the molecule is CCN1CCCC1CNc1nc(C(C)(C)C)nc(Cl)c1C. The van der Waals surface area contributed by atoms with Gasteiger partial charge in [-0.1, -0.05) is 39.3 Å². The van der Waals surface area contributed by atoms with Gasteiger partial charge in [0.25, 0.3) is 0 Å². The first kappa shape index (κ1) is 16.5. The highest BCUT2D eigenvalue weighted by molar-refractivity contribution is 6.30. The topological polar surface area (TPSA) is 41.0 Å². The predicted molar refractivity (Wildman–Crippen MR) is 89.2 cm³/mol. The molecule has 1 aliphatic rings. The van der Waals surface area contributed by atoms with Gasteiger partial charge >= 0.3 is 0 Å². The molecule has 1 fully saturated rings. The zero-order valence-electron chi connectivity index (χ0n) is 13.8. The molecule has 1 unspecified atom stereocenters. The molecule has 0 radical (unpaired) electrons. The Bertz CT molecular complexity index is 496. The summed E-state index contributed by atoms with van der Waals surface area (Å²) in [5, 5.41) is 4.05. The zero-order chi connectivity index (χ0) is 15.6. The van der Waals surface area contributed by atoms with Gasteiger partial charge < -0.3 is 5.32 Å². The Hall–Kier alpha value is -0.870. The van der Waals surface area contributed by atoms with Crippen LogP contribution in [0.3, 0.4) is 0 Å². The number of halogens is 1. The van der Waals surface area contributed by atoms with Crippen molar-refractivity contribution in [1.29, 1.82) is 0 Å². The van der Waals surface area contributed by atoms with Crippen LogP contribution in [0.5, 0.6) is 0 Å². The second-order valence-corrected chi connectivity index (χ2v) is 7.23. The quantitative estimate of drug-likeness (QED) is 0.862. The number of anilines is 1. The summed E-state index contributed by atoms with van der Waals surface area (Å²) in [6.07, 6.45) is 2.54. The predicted octanol–water partition coefficient (Wildman–Crippen LogP) is 3.63. The van der Waals surface area contributed by atoms with Crippen molar-refractivity contribution >= 4 is 17.4 Å². The van der Waals surface area contributed by atoms with Gasteiger partial charge in [-0.2, -0.15) is 0 Å². The van der Waals surface area contributed by atoms with E-state index in [1.54, 1.807) is 0 Å². The normalized spacial score (nSPS) is 20.0. The molecular weight excluding hydrogens is 284 g/mol. The van der Waals surface area contributed by atoms with Gasteiger partial charge in [0.2, 0.25) is 0 Å². The fourth-order valence-corrected chi connectivity index (χ4v) is 2.92. The van der Waals surface area contributed by atoms with Crippen molar-refractivity contribution in [1.82, 2.24) is 14.9 Å². The smallest absolute Gasteiger partial charge is 0.137 e. The monoisotopic (exact) mass is 310 g/mol. The Morgan fingerprint density at radius 2 is 2.05 bits per heavy atom. The fourth-order valence-electron chi connectivity index (χ4n) is 2.75. The summed E-state index contributed by atoms with van der Waals surface area (Å²) < 4.78 is 0. The molecule has 1 aliphatic heterocycles. The molecule has 0 spiro atoms. The minimum absolute atomic E-state index is 0.101. The van der Waals surface area contributed by atoms with Crippen LogP contribution in [0.25, 0.3) is 0 Å². The maximum Gasteiger partial charge on any atom is 0.137 e. The maximum absolute atomic E-state index is 6.27. The Morgan fingerprint density at radius 1 is 1.33 bits per heavy atom. The standard InChI is InChI=1S/C16H27ClN4/c1-6-21-9-7-8-12(21)10-18-14-11(2)13(17)19-15(20-14)16(3,4)5/h12H,6-10H2,1-5H3,(H,18,19,20). The second-order valence-electron chi connectivity index (χ2n) is 6.87. The molecule has 5 heteroatoms. The van der Waals surface area contributed by atoms with Gasteiger partial charge in [0, 0.05) is 23.6 Å². The number of hydrogen-bond donors (Lipinski definition) is 1. The molecule has 1 N–H and O–H groups in total. The third kappa shape index (κ3) is 3.86. The molecule has 0 saturated carbocycles. The van der Waals surface area contributed by atoms with Crippen LogP contribution in [0.4, 0.5) is 5.82 Å². The zero-order valence-corrected chi connectivity index (χ0v) is 14.6. The van der Waals surface area contributed by atoms with E-state index < -0.39 is 0 Å². The maximum atomic E-state index is 6.27. The van der Waals surface area contributed by atoms with Crippen LogP contribution >= 0.6 is 11.6 Å². The summed E-state index contributed by atoms with van der Waals surface area (Å²) in [6, 6.07) is 0.598. The summed E-state index contributed by atoms with van der Waals surface area (Å²) in [7, 11) is 0. The van der Waals surface area contributed by atoms with Crippen molar-refractivity contribution < 1.29 is 0 Å². The molecule has 1 atom stereocenters. The van der Waals surface area contributed by atoms with E-state index in [2.05, 4.69) is 42.9 Å². The minimum atomic E-state index is -0.101. The molecule has 2 heterocycles. The molecule has 21 heavy (non-hydrogen) atoms. The van der Waals surface area contributed by atoms with Crippen molar-refractivity contribution in [2.24, 2.45) is 0 Å². The van der Waals surface area contributed by atoms with Gasteiger partial charge in [-0.15, -0.1) is 0 Å². The Labute approximate surface area is 133 Å². The Morgan fingerprint density at radius 3 is 2.67 bits per heavy atom.